The van der Waals surface area contributed by atoms with Gasteiger partial charge in [-0.1, -0.05) is 30.3 Å². The first-order valence-corrected chi connectivity index (χ1v) is 9.92. The van der Waals surface area contributed by atoms with Crippen molar-refractivity contribution in [3.05, 3.63) is 66.6 Å². The number of hydrogen-bond donors (Lipinski definition) is 2. The quantitative estimate of drug-likeness (QED) is 0.523. The standard InChI is InChI=1S/C21H24N6S/c1-16(19-14-17-6-2-3-7-18(17)15-23-19)24-25-21(28)27-12-10-26(11-13-27)20-8-4-5-9-22-20/h2-9,14-16,24H,10-13H2,1H3,(H,25,28). The molecule has 0 bridgehead atoms. The van der Waals surface area contributed by atoms with E-state index in [0.717, 1.165) is 43.1 Å². The summed E-state index contributed by atoms with van der Waals surface area (Å²) in [6.45, 7) is 5.62. The van der Waals surface area contributed by atoms with Crippen LogP contribution in [0.25, 0.3) is 10.8 Å². The summed E-state index contributed by atoms with van der Waals surface area (Å²) in [5.74, 6) is 1.02. The Balaban J connectivity index is 1.29. The molecule has 0 radical (unpaired) electrons. The van der Waals surface area contributed by atoms with Gasteiger partial charge in [0.1, 0.15) is 5.82 Å². The molecule has 1 unspecified atom stereocenters. The molecular weight excluding hydrogens is 368 g/mol. The molecule has 2 N–H and O–H groups in total. The average Bonchev–Trinajstić information content (AvgIpc) is 2.77. The lowest BCUT2D eigenvalue weighted by molar-refractivity contribution is 0.367. The number of thiocarbonyl (C=S) groups is 1. The number of benzene rings is 1. The number of nitrogens with one attached hydrogen (secondary N) is 2. The van der Waals surface area contributed by atoms with Gasteiger partial charge in [-0.25, -0.2) is 10.4 Å². The molecule has 1 saturated heterocycles. The van der Waals surface area contributed by atoms with E-state index in [1.54, 1.807) is 0 Å². The number of rotatable bonds is 4. The number of aromatic nitrogens is 2. The second-order valence-electron chi connectivity index (χ2n) is 6.91. The normalized spacial score (nSPS) is 15.5. The number of hydrazine groups is 1. The lowest BCUT2D eigenvalue weighted by atomic mass is 10.1. The van der Waals surface area contributed by atoms with Crippen molar-refractivity contribution < 1.29 is 0 Å². The van der Waals surface area contributed by atoms with Crippen molar-refractivity contribution in [2.45, 2.75) is 13.0 Å². The second kappa shape index (κ2) is 8.50. The van der Waals surface area contributed by atoms with E-state index in [1.165, 1.54) is 5.39 Å². The van der Waals surface area contributed by atoms with Gasteiger partial charge in [-0.05, 0) is 42.7 Å². The van der Waals surface area contributed by atoms with Crippen LogP contribution in [-0.2, 0) is 0 Å². The van der Waals surface area contributed by atoms with Gasteiger partial charge in [0.2, 0.25) is 0 Å². The highest BCUT2D eigenvalue weighted by atomic mass is 32.1. The van der Waals surface area contributed by atoms with Gasteiger partial charge < -0.3 is 9.80 Å². The highest BCUT2D eigenvalue weighted by Gasteiger charge is 2.20. The van der Waals surface area contributed by atoms with Gasteiger partial charge in [-0.2, -0.15) is 0 Å². The Morgan fingerprint density at radius 2 is 1.75 bits per heavy atom. The van der Waals surface area contributed by atoms with Gasteiger partial charge in [0.05, 0.1) is 11.7 Å². The molecule has 7 heteroatoms. The van der Waals surface area contributed by atoms with Crippen LogP contribution in [0.5, 0.6) is 0 Å². The van der Waals surface area contributed by atoms with Crippen LogP contribution in [0.15, 0.2) is 60.9 Å². The summed E-state index contributed by atoms with van der Waals surface area (Å²) in [6, 6.07) is 16.4. The van der Waals surface area contributed by atoms with Gasteiger partial charge in [0.15, 0.2) is 5.11 Å². The first-order valence-electron chi connectivity index (χ1n) is 9.52. The Morgan fingerprint density at radius 1 is 1.00 bits per heavy atom. The molecule has 1 aliphatic heterocycles. The number of fused-ring (bicyclic) bond motifs is 1. The third kappa shape index (κ3) is 4.21. The predicted molar refractivity (Wildman–Crippen MR) is 117 cm³/mol. The summed E-state index contributed by atoms with van der Waals surface area (Å²) in [5.41, 5.74) is 7.45. The Labute approximate surface area is 170 Å². The van der Waals surface area contributed by atoms with E-state index in [1.807, 2.05) is 42.7 Å². The van der Waals surface area contributed by atoms with Gasteiger partial charge in [-0.3, -0.25) is 10.4 Å². The molecule has 1 fully saturated rings. The van der Waals surface area contributed by atoms with Crippen LogP contribution in [0.2, 0.25) is 0 Å². The molecule has 1 aromatic carbocycles. The fourth-order valence-electron chi connectivity index (χ4n) is 3.34. The Morgan fingerprint density at radius 3 is 2.50 bits per heavy atom. The summed E-state index contributed by atoms with van der Waals surface area (Å²) in [4.78, 5) is 13.5. The second-order valence-corrected chi connectivity index (χ2v) is 7.30. The molecule has 4 rings (SSSR count). The summed E-state index contributed by atoms with van der Waals surface area (Å²) in [5, 5.41) is 3.05. The number of anilines is 1. The predicted octanol–water partition coefficient (Wildman–Crippen LogP) is 2.89. The molecule has 0 aliphatic carbocycles. The molecule has 3 heterocycles. The van der Waals surface area contributed by atoms with Crippen molar-refractivity contribution in [3.8, 4) is 0 Å². The first-order chi connectivity index (χ1) is 13.7. The molecule has 0 amide bonds. The zero-order valence-corrected chi connectivity index (χ0v) is 16.7. The lowest BCUT2D eigenvalue weighted by Gasteiger charge is -2.37. The van der Waals surface area contributed by atoms with E-state index in [9.17, 15) is 0 Å². The topological polar surface area (TPSA) is 56.3 Å². The zero-order valence-electron chi connectivity index (χ0n) is 15.9. The van der Waals surface area contributed by atoms with Crippen molar-refractivity contribution in [1.29, 1.82) is 0 Å². The van der Waals surface area contributed by atoms with E-state index in [2.05, 4.69) is 55.7 Å². The summed E-state index contributed by atoms with van der Waals surface area (Å²) < 4.78 is 0. The molecule has 1 atom stereocenters. The monoisotopic (exact) mass is 392 g/mol. The average molecular weight is 393 g/mol. The molecule has 1 aliphatic rings. The third-order valence-electron chi connectivity index (χ3n) is 5.03. The summed E-state index contributed by atoms with van der Waals surface area (Å²) in [7, 11) is 0. The van der Waals surface area contributed by atoms with Crippen molar-refractivity contribution in [2.75, 3.05) is 31.1 Å². The SMILES string of the molecule is CC(NNC(=S)N1CCN(c2ccccn2)CC1)c1cc2ccccc2cn1. The lowest BCUT2D eigenvalue weighted by Crippen LogP contribution is -2.54. The molecular formula is C21H24N6S. The van der Waals surface area contributed by atoms with Crippen molar-refractivity contribution in [3.63, 3.8) is 0 Å². The van der Waals surface area contributed by atoms with Crippen molar-refractivity contribution in [1.82, 2.24) is 25.7 Å². The smallest absolute Gasteiger partial charge is 0.183 e. The van der Waals surface area contributed by atoms with Crippen LogP contribution < -0.4 is 15.8 Å². The number of hydrogen-bond acceptors (Lipinski definition) is 5. The van der Waals surface area contributed by atoms with E-state index in [0.29, 0.717) is 5.11 Å². The Hall–Kier alpha value is -2.77. The summed E-state index contributed by atoms with van der Waals surface area (Å²) >= 11 is 5.57. The third-order valence-corrected chi connectivity index (χ3v) is 5.39. The molecule has 6 nitrogen and oxygen atoms in total. The minimum atomic E-state index is 0.0392. The molecule has 0 saturated carbocycles. The van der Waals surface area contributed by atoms with Crippen LogP contribution >= 0.6 is 12.2 Å². The molecule has 3 aromatic rings. The summed E-state index contributed by atoms with van der Waals surface area (Å²) in [6.07, 6.45) is 3.75. The van der Waals surface area contributed by atoms with E-state index in [-0.39, 0.29) is 6.04 Å². The van der Waals surface area contributed by atoms with Crippen LogP contribution in [0, 0.1) is 0 Å². The van der Waals surface area contributed by atoms with Gasteiger partial charge in [-0.15, -0.1) is 0 Å². The number of piperazine rings is 1. The van der Waals surface area contributed by atoms with Gasteiger partial charge in [0, 0.05) is 44.0 Å². The minimum absolute atomic E-state index is 0.0392. The van der Waals surface area contributed by atoms with E-state index < -0.39 is 0 Å². The Kier molecular flexibility index (Phi) is 5.64. The first kappa shape index (κ1) is 18.6. The highest BCUT2D eigenvalue weighted by molar-refractivity contribution is 7.80. The van der Waals surface area contributed by atoms with E-state index >= 15 is 0 Å². The Bertz CT molecular complexity index is 940. The van der Waals surface area contributed by atoms with Gasteiger partial charge in [0.25, 0.3) is 0 Å². The molecule has 28 heavy (non-hydrogen) atoms. The van der Waals surface area contributed by atoms with Crippen molar-refractivity contribution >= 4 is 33.9 Å². The maximum Gasteiger partial charge on any atom is 0.183 e. The fraction of sp³-hybridized carbons (Fsp3) is 0.286. The van der Waals surface area contributed by atoms with Crippen LogP contribution in [-0.4, -0.2) is 46.2 Å². The zero-order chi connectivity index (χ0) is 19.3. The molecule has 0 spiro atoms. The minimum Gasteiger partial charge on any atom is -0.353 e. The molecule has 2 aromatic heterocycles. The maximum absolute atomic E-state index is 5.57. The highest BCUT2D eigenvalue weighted by Crippen LogP contribution is 2.17. The van der Waals surface area contributed by atoms with Crippen LogP contribution in [0.4, 0.5) is 5.82 Å². The molecule has 144 valence electrons. The van der Waals surface area contributed by atoms with Gasteiger partial charge >= 0.3 is 0 Å². The number of pyridine rings is 2. The maximum atomic E-state index is 5.57. The van der Waals surface area contributed by atoms with Crippen molar-refractivity contribution in [2.24, 2.45) is 0 Å². The van der Waals surface area contributed by atoms with Crippen LogP contribution in [0.1, 0.15) is 18.7 Å². The number of nitrogens with zero attached hydrogens (tertiary/aromatic N) is 4. The largest absolute Gasteiger partial charge is 0.353 e. The van der Waals surface area contributed by atoms with E-state index in [4.69, 9.17) is 12.2 Å². The van der Waals surface area contributed by atoms with Crippen LogP contribution in [0.3, 0.4) is 0 Å². The fourth-order valence-corrected chi connectivity index (χ4v) is 3.58.